The predicted molar refractivity (Wildman–Crippen MR) is 66.6 cm³/mol. The van der Waals surface area contributed by atoms with Crippen LogP contribution in [0.3, 0.4) is 0 Å². The monoisotopic (exact) mass is 203 g/mol. The van der Waals surface area contributed by atoms with E-state index in [2.05, 4.69) is 31.2 Å². The van der Waals surface area contributed by atoms with Gasteiger partial charge in [0, 0.05) is 5.71 Å². The molecule has 0 radical (unpaired) electrons. The molecule has 0 heterocycles. The van der Waals surface area contributed by atoms with Crippen molar-refractivity contribution in [2.45, 2.75) is 45.4 Å². The number of aryl methyl sites for hydroxylation is 1. The maximum absolute atomic E-state index is 7.82. The molecule has 0 aromatic heterocycles. The fraction of sp³-hybridized carbons (Fsp3) is 0.500. The van der Waals surface area contributed by atoms with Crippen LogP contribution in [0.15, 0.2) is 30.3 Å². The van der Waals surface area contributed by atoms with Crippen molar-refractivity contribution in [3.8, 4) is 0 Å². The topological polar surface area (TPSA) is 23.9 Å². The molecule has 82 valence electrons. The predicted octanol–water partition coefficient (Wildman–Crippen LogP) is 4.22. The third-order valence-electron chi connectivity index (χ3n) is 2.64. The van der Waals surface area contributed by atoms with E-state index in [1.807, 2.05) is 6.07 Å². The molecule has 0 spiro atoms. The fourth-order valence-electron chi connectivity index (χ4n) is 1.65. The Kier molecular flexibility index (Phi) is 5.76. The lowest BCUT2D eigenvalue weighted by Crippen LogP contribution is -1.98. The van der Waals surface area contributed by atoms with E-state index in [0.29, 0.717) is 0 Å². The minimum atomic E-state index is 0.910. The van der Waals surface area contributed by atoms with Crippen LogP contribution in [0.4, 0.5) is 0 Å². The molecule has 0 aliphatic carbocycles. The molecule has 15 heavy (non-hydrogen) atoms. The Bertz CT molecular complexity index is 277. The number of unbranched alkanes of at least 4 members (excludes halogenated alkanes) is 2. The number of rotatable bonds is 7. The van der Waals surface area contributed by atoms with Gasteiger partial charge in [-0.05, 0) is 31.2 Å². The van der Waals surface area contributed by atoms with E-state index in [-0.39, 0.29) is 0 Å². The molecule has 0 atom stereocenters. The van der Waals surface area contributed by atoms with E-state index in [4.69, 9.17) is 5.41 Å². The third kappa shape index (κ3) is 5.36. The highest BCUT2D eigenvalue weighted by Gasteiger charge is 1.98. The van der Waals surface area contributed by atoms with Crippen LogP contribution in [-0.2, 0) is 6.42 Å². The van der Waals surface area contributed by atoms with Crippen molar-refractivity contribution >= 4 is 5.71 Å². The molecular weight excluding hydrogens is 182 g/mol. The third-order valence-corrected chi connectivity index (χ3v) is 2.64. The molecule has 1 N–H and O–H groups in total. The Morgan fingerprint density at radius 2 is 1.80 bits per heavy atom. The van der Waals surface area contributed by atoms with Gasteiger partial charge in [-0.25, -0.2) is 0 Å². The molecule has 1 nitrogen and oxygen atoms in total. The highest BCUT2D eigenvalue weighted by atomic mass is 14.4. The lowest BCUT2D eigenvalue weighted by molar-refractivity contribution is 0.733. The quantitative estimate of drug-likeness (QED) is 0.507. The molecule has 1 aromatic carbocycles. The smallest absolute Gasteiger partial charge is 0.00924 e. The average molecular weight is 203 g/mol. The molecule has 0 saturated heterocycles. The Labute approximate surface area is 93.0 Å². The van der Waals surface area contributed by atoms with Gasteiger partial charge in [0.25, 0.3) is 0 Å². The fourth-order valence-corrected chi connectivity index (χ4v) is 1.65. The average Bonchev–Trinajstić information content (AvgIpc) is 2.28. The molecule has 0 amide bonds. The second-order valence-electron chi connectivity index (χ2n) is 4.05. The lowest BCUT2D eigenvalue weighted by atomic mass is 10.0. The summed E-state index contributed by atoms with van der Waals surface area (Å²) in [6, 6.07) is 10.4. The van der Waals surface area contributed by atoms with Crippen molar-refractivity contribution in [1.29, 1.82) is 5.41 Å². The number of hydrogen-bond donors (Lipinski definition) is 1. The summed E-state index contributed by atoms with van der Waals surface area (Å²) in [5, 5.41) is 7.82. The second kappa shape index (κ2) is 7.22. The van der Waals surface area contributed by atoms with E-state index in [1.54, 1.807) is 0 Å². The summed E-state index contributed by atoms with van der Waals surface area (Å²) < 4.78 is 0. The molecule has 0 saturated carbocycles. The van der Waals surface area contributed by atoms with E-state index < -0.39 is 0 Å². The molecular formula is C14H21N. The molecule has 0 bridgehead atoms. The molecule has 0 unspecified atom stereocenters. The van der Waals surface area contributed by atoms with Crippen LogP contribution in [0.1, 0.15) is 44.6 Å². The van der Waals surface area contributed by atoms with E-state index in [0.717, 1.165) is 25.0 Å². The zero-order chi connectivity index (χ0) is 10.9. The highest BCUT2D eigenvalue weighted by Crippen LogP contribution is 2.07. The first-order valence-corrected chi connectivity index (χ1v) is 5.93. The zero-order valence-corrected chi connectivity index (χ0v) is 9.63. The number of hydrogen-bond acceptors (Lipinski definition) is 1. The molecule has 1 heteroatoms. The van der Waals surface area contributed by atoms with Crippen LogP contribution < -0.4 is 0 Å². The standard InChI is InChI=1S/C14H21N/c1-2-3-5-10-14(15)12-11-13-8-6-4-7-9-13/h4,6-9,15H,2-3,5,10-12H2,1H3. The van der Waals surface area contributed by atoms with Crippen LogP contribution in [0.5, 0.6) is 0 Å². The van der Waals surface area contributed by atoms with Gasteiger partial charge in [-0.3, -0.25) is 0 Å². The molecule has 0 aliphatic rings. The van der Waals surface area contributed by atoms with E-state index in [9.17, 15) is 0 Å². The van der Waals surface area contributed by atoms with Gasteiger partial charge in [-0.15, -0.1) is 0 Å². The van der Waals surface area contributed by atoms with Crippen molar-refractivity contribution < 1.29 is 0 Å². The van der Waals surface area contributed by atoms with Crippen molar-refractivity contribution in [2.75, 3.05) is 0 Å². The van der Waals surface area contributed by atoms with Gasteiger partial charge in [0.15, 0.2) is 0 Å². The largest absolute Gasteiger partial charge is 0.310 e. The first kappa shape index (κ1) is 12.0. The minimum Gasteiger partial charge on any atom is -0.310 e. The van der Waals surface area contributed by atoms with Gasteiger partial charge in [0.05, 0.1) is 0 Å². The number of benzene rings is 1. The van der Waals surface area contributed by atoms with Gasteiger partial charge in [-0.1, -0.05) is 50.1 Å². The summed E-state index contributed by atoms with van der Waals surface area (Å²) in [5.41, 5.74) is 2.25. The summed E-state index contributed by atoms with van der Waals surface area (Å²) in [4.78, 5) is 0. The summed E-state index contributed by atoms with van der Waals surface area (Å²) in [6.07, 6.45) is 6.62. The Morgan fingerprint density at radius 3 is 2.47 bits per heavy atom. The van der Waals surface area contributed by atoms with Crippen LogP contribution in [0.2, 0.25) is 0 Å². The Morgan fingerprint density at radius 1 is 1.07 bits per heavy atom. The van der Waals surface area contributed by atoms with Crippen molar-refractivity contribution in [2.24, 2.45) is 0 Å². The van der Waals surface area contributed by atoms with Gasteiger partial charge < -0.3 is 5.41 Å². The highest BCUT2D eigenvalue weighted by molar-refractivity contribution is 5.81. The zero-order valence-electron chi connectivity index (χ0n) is 9.63. The first-order chi connectivity index (χ1) is 7.33. The van der Waals surface area contributed by atoms with Gasteiger partial charge in [-0.2, -0.15) is 0 Å². The van der Waals surface area contributed by atoms with Gasteiger partial charge in [0.2, 0.25) is 0 Å². The summed E-state index contributed by atoms with van der Waals surface area (Å²) in [6.45, 7) is 2.20. The lowest BCUT2D eigenvalue weighted by Gasteiger charge is -2.03. The summed E-state index contributed by atoms with van der Waals surface area (Å²) in [7, 11) is 0. The molecule has 0 aliphatic heterocycles. The van der Waals surface area contributed by atoms with Crippen LogP contribution in [0, 0.1) is 5.41 Å². The summed E-state index contributed by atoms with van der Waals surface area (Å²) in [5.74, 6) is 0. The second-order valence-corrected chi connectivity index (χ2v) is 4.05. The van der Waals surface area contributed by atoms with Crippen molar-refractivity contribution in [3.05, 3.63) is 35.9 Å². The van der Waals surface area contributed by atoms with Crippen LogP contribution in [0.25, 0.3) is 0 Å². The molecule has 1 aromatic rings. The van der Waals surface area contributed by atoms with Gasteiger partial charge in [0.1, 0.15) is 0 Å². The maximum atomic E-state index is 7.82. The first-order valence-electron chi connectivity index (χ1n) is 5.93. The molecule has 1 rings (SSSR count). The van der Waals surface area contributed by atoms with Crippen LogP contribution >= 0.6 is 0 Å². The maximum Gasteiger partial charge on any atom is 0.00924 e. The molecule has 0 fully saturated rings. The van der Waals surface area contributed by atoms with Crippen molar-refractivity contribution in [3.63, 3.8) is 0 Å². The number of nitrogens with one attached hydrogen (secondary N) is 1. The Balaban J connectivity index is 2.17. The SMILES string of the molecule is CCCCCC(=N)CCc1ccccc1. The van der Waals surface area contributed by atoms with Crippen LogP contribution in [-0.4, -0.2) is 5.71 Å². The normalized spacial score (nSPS) is 10.2. The van der Waals surface area contributed by atoms with E-state index in [1.165, 1.54) is 24.8 Å². The van der Waals surface area contributed by atoms with E-state index >= 15 is 0 Å². The van der Waals surface area contributed by atoms with Crippen molar-refractivity contribution in [1.82, 2.24) is 0 Å². The Hall–Kier alpha value is -1.11. The van der Waals surface area contributed by atoms with Gasteiger partial charge >= 0.3 is 0 Å². The summed E-state index contributed by atoms with van der Waals surface area (Å²) >= 11 is 0. The minimum absolute atomic E-state index is 0.910.